The summed E-state index contributed by atoms with van der Waals surface area (Å²) in [5.74, 6) is -0.558. The zero-order valence-electron chi connectivity index (χ0n) is 12.7. The molecule has 1 amide bonds. The minimum Gasteiger partial charge on any atom is -0.481 e. The molecule has 0 aromatic carbocycles. The second-order valence-corrected chi connectivity index (χ2v) is 9.71. The van der Waals surface area contributed by atoms with Gasteiger partial charge >= 0.3 is 5.97 Å². The fraction of sp³-hybridized carbons (Fsp3) is 0.846. The van der Waals surface area contributed by atoms with Gasteiger partial charge in [-0.1, -0.05) is 0 Å². The first-order valence-corrected chi connectivity index (χ1v) is 9.72. The molecule has 0 spiro atoms. The van der Waals surface area contributed by atoms with Crippen molar-refractivity contribution in [1.29, 1.82) is 0 Å². The zero-order chi connectivity index (χ0) is 16.3. The average molecular weight is 337 g/mol. The monoisotopic (exact) mass is 337 g/mol. The molecule has 6 nitrogen and oxygen atoms in total. The third-order valence-electron chi connectivity index (χ3n) is 3.29. The lowest BCUT2D eigenvalue weighted by Crippen LogP contribution is -2.47. The fourth-order valence-corrected chi connectivity index (χ4v) is 5.72. The number of amides is 1. The van der Waals surface area contributed by atoms with Crippen molar-refractivity contribution in [3.05, 3.63) is 0 Å². The van der Waals surface area contributed by atoms with E-state index in [1.165, 1.54) is 11.8 Å². The Labute approximate surface area is 130 Å². The van der Waals surface area contributed by atoms with Crippen LogP contribution in [0, 0.1) is 0 Å². The van der Waals surface area contributed by atoms with Crippen molar-refractivity contribution in [1.82, 2.24) is 4.90 Å². The van der Waals surface area contributed by atoms with Crippen LogP contribution in [0.2, 0.25) is 0 Å². The van der Waals surface area contributed by atoms with E-state index in [1.807, 2.05) is 20.8 Å². The van der Waals surface area contributed by atoms with Crippen LogP contribution in [0.15, 0.2) is 0 Å². The number of carbonyl (C=O) groups excluding carboxylic acids is 1. The maximum Gasteiger partial charge on any atom is 0.305 e. The SMILES string of the molecule is CC(C)(C)N(CCC(=O)O)C(=O)CSC1CCS(=O)(=O)C1. The maximum absolute atomic E-state index is 12.3. The van der Waals surface area contributed by atoms with Gasteiger partial charge in [0.2, 0.25) is 5.91 Å². The molecule has 1 heterocycles. The number of hydrogen-bond acceptors (Lipinski definition) is 5. The van der Waals surface area contributed by atoms with Crippen LogP contribution < -0.4 is 0 Å². The van der Waals surface area contributed by atoms with E-state index in [2.05, 4.69) is 0 Å². The number of hydrogen-bond donors (Lipinski definition) is 1. The molecule has 0 aromatic rings. The molecule has 0 saturated carbocycles. The van der Waals surface area contributed by atoms with Gasteiger partial charge in [0.1, 0.15) is 0 Å². The normalized spacial score (nSPS) is 21.2. The number of carbonyl (C=O) groups is 2. The van der Waals surface area contributed by atoms with Crippen molar-refractivity contribution < 1.29 is 23.1 Å². The molecule has 1 N–H and O–H groups in total. The molecule has 0 bridgehead atoms. The number of thioether (sulfide) groups is 1. The van der Waals surface area contributed by atoms with Crippen LogP contribution in [0.1, 0.15) is 33.6 Å². The molecule has 1 atom stereocenters. The van der Waals surface area contributed by atoms with Gasteiger partial charge in [-0.15, -0.1) is 11.8 Å². The lowest BCUT2D eigenvalue weighted by atomic mass is 10.1. The Morgan fingerprint density at radius 3 is 2.38 bits per heavy atom. The van der Waals surface area contributed by atoms with Crippen LogP contribution >= 0.6 is 11.8 Å². The van der Waals surface area contributed by atoms with Gasteiger partial charge in [0.25, 0.3) is 0 Å². The Kier molecular flexibility index (Phi) is 6.10. The summed E-state index contributed by atoms with van der Waals surface area (Å²) in [7, 11) is -2.94. The fourth-order valence-electron chi connectivity index (χ4n) is 2.20. The topological polar surface area (TPSA) is 91.8 Å². The molecule has 21 heavy (non-hydrogen) atoms. The predicted octanol–water partition coefficient (Wildman–Crippen LogP) is 1.01. The van der Waals surface area contributed by atoms with Gasteiger partial charge in [0.15, 0.2) is 9.84 Å². The highest BCUT2D eigenvalue weighted by atomic mass is 32.2. The molecule has 1 unspecified atom stereocenters. The number of nitrogens with zero attached hydrogens (tertiary/aromatic N) is 1. The van der Waals surface area contributed by atoms with Gasteiger partial charge < -0.3 is 10.0 Å². The summed E-state index contributed by atoms with van der Waals surface area (Å²) in [6.45, 7) is 5.74. The van der Waals surface area contributed by atoms with Crippen molar-refractivity contribution in [2.24, 2.45) is 0 Å². The maximum atomic E-state index is 12.3. The molecular weight excluding hydrogens is 314 g/mol. The lowest BCUT2D eigenvalue weighted by Gasteiger charge is -2.35. The van der Waals surface area contributed by atoms with Gasteiger partial charge in [0.05, 0.1) is 23.7 Å². The Morgan fingerprint density at radius 2 is 1.95 bits per heavy atom. The summed E-state index contributed by atoms with van der Waals surface area (Å²) >= 11 is 1.36. The molecule has 0 aromatic heterocycles. The number of rotatable bonds is 6. The third kappa shape index (κ3) is 6.25. The van der Waals surface area contributed by atoms with Gasteiger partial charge in [-0.05, 0) is 27.2 Å². The van der Waals surface area contributed by atoms with E-state index >= 15 is 0 Å². The standard InChI is InChI=1S/C13H23NO5S2/c1-13(2,3)14(6-4-12(16)17)11(15)8-20-10-5-7-21(18,19)9-10/h10H,4-9H2,1-3H3,(H,16,17). The smallest absolute Gasteiger partial charge is 0.305 e. The van der Waals surface area contributed by atoms with E-state index in [1.54, 1.807) is 4.90 Å². The van der Waals surface area contributed by atoms with E-state index in [0.29, 0.717) is 6.42 Å². The summed E-state index contributed by atoms with van der Waals surface area (Å²) in [6, 6.07) is 0. The molecule has 8 heteroatoms. The van der Waals surface area contributed by atoms with E-state index in [0.717, 1.165) is 0 Å². The summed E-state index contributed by atoms with van der Waals surface area (Å²) < 4.78 is 22.8. The second kappa shape index (κ2) is 7.00. The Bertz CT molecular complexity index is 495. The highest BCUT2D eigenvalue weighted by Crippen LogP contribution is 2.25. The van der Waals surface area contributed by atoms with E-state index in [-0.39, 0.29) is 41.4 Å². The molecule has 0 aliphatic carbocycles. The predicted molar refractivity (Wildman–Crippen MR) is 83.2 cm³/mol. The van der Waals surface area contributed by atoms with Crippen molar-refractivity contribution in [2.45, 2.75) is 44.4 Å². The molecule has 0 radical (unpaired) electrons. The van der Waals surface area contributed by atoms with E-state index < -0.39 is 21.3 Å². The molecule has 122 valence electrons. The number of carboxylic acids is 1. The molecule has 1 aliphatic heterocycles. The number of aliphatic carboxylic acids is 1. The first-order chi connectivity index (χ1) is 9.51. The summed E-state index contributed by atoms with van der Waals surface area (Å²) in [5.41, 5.74) is -0.450. The quantitative estimate of drug-likeness (QED) is 0.778. The van der Waals surface area contributed by atoms with Crippen LogP contribution in [0.5, 0.6) is 0 Å². The van der Waals surface area contributed by atoms with E-state index in [4.69, 9.17) is 5.11 Å². The van der Waals surface area contributed by atoms with Crippen molar-refractivity contribution >= 4 is 33.5 Å². The first-order valence-electron chi connectivity index (χ1n) is 6.85. The van der Waals surface area contributed by atoms with Gasteiger partial charge in [0, 0.05) is 17.3 Å². The van der Waals surface area contributed by atoms with Crippen molar-refractivity contribution in [3.8, 4) is 0 Å². The second-order valence-electron chi connectivity index (χ2n) is 6.20. The van der Waals surface area contributed by atoms with Crippen LogP contribution in [0.4, 0.5) is 0 Å². The highest BCUT2D eigenvalue weighted by molar-refractivity contribution is 8.02. The van der Waals surface area contributed by atoms with Crippen molar-refractivity contribution in [3.63, 3.8) is 0 Å². The zero-order valence-corrected chi connectivity index (χ0v) is 14.3. The molecule has 1 fully saturated rings. The average Bonchev–Trinajstić information content (AvgIpc) is 2.64. The number of sulfone groups is 1. The van der Waals surface area contributed by atoms with Gasteiger partial charge in [-0.25, -0.2) is 8.42 Å². The molecule has 1 saturated heterocycles. The lowest BCUT2D eigenvalue weighted by molar-refractivity contribution is -0.139. The third-order valence-corrected chi connectivity index (χ3v) is 6.56. The minimum absolute atomic E-state index is 0.0276. The van der Waals surface area contributed by atoms with Gasteiger partial charge in [-0.2, -0.15) is 0 Å². The van der Waals surface area contributed by atoms with Gasteiger partial charge in [-0.3, -0.25) is 9.59 Å². The first kappa shape index (κ1) is 18.3. The Hall–Kier alpha value is -0.760. The molecular formula is C13H23NO5S2. The van der Waals surface area contributed by atoms with Crippen LogP contribution in [0.25, 0.3) is 0 Å². The van der Waals surface area contributed by atoms with Crippen LogP contribution in [0.3, 0.4) is 0 Å². The molecule has 1 aliphatic rings. The van der Waals surface area contributed by atoms with E-state index in [9.17, 15) is 18.0 Å². The summed E-state index contributed by atoms with van der Waals surface area (Å²) in [5, 5.41) is 8.73. The van der Waals surface area contributed by atoms with Crippen LogP contribution in [-0.4, -0.2) is 64.9 Å². The summed E-state index contributed by atoms with van der Waals surface area (Å²) in [4.78, 5) is 24.5. The number of carboxylic acid groups (broad SMARTS) is 1. The van der Waals surface area contributed by atoms with Crippen LogP contribution in [-0.2, 0) is 19.4 Å². The van der Waals surface area contributed by atoms with Crippen molar-refractivity contribution in [2.75, 3.05) is 23.8 Å². The Morgan fingerprint density at radius 1 is 1.33 bits per heavy atom. The Balaban J connectivity index is 2.55. The highest BCUT2D eigenvalue weighted by Gasteiger charge is 2.31. The summed E-state index contributed by atoms with van der Waals surface area (Å²) in [6.07, 6.45) is 0.496. The molecule has 1 rings (SSSR count). The minimum atomic E-state index is -2.94. The largest absolute Gasteiger partial charge is 0.481 e.